The molecule has 18 heavy (non-hydrogen) atoms. The van der Waals surface area contributed by atoms with E-state index >= 15 is 0 Å². The van der Waals surface area contributed by atoms with E-state index < -0.39 is 0 Å². The highest BCUT2D eigenvalue weighted by Gasteiger charge is 2.17. The summed E-state index contributed by atoms with van der Waals surface area (Å²) < 4.78 is 0. The average Bonchev–Trinajstić information content (AvgIpc) is 2.35. The number of hydrogen-bond acceptors (Lipinski definition) is 3. The molecular weight excluding hydrogens is 244 g/mol. The molecule has 0 radical (unpaired) electrons. The van der Waals surface area contributed by atoms with Crippen LogP contribution < -0.4 is 10.6 Å². The molecule has 0 aromatic rings. The van der Waals surface area contributed by atoms with Gasteiger partial charge in [-0.2, -0.15) is 11.8 Å². The Kier molecular flexibility index (Phi) is 8.51. The van der Waals surface area contributed by atoms with E-state index in [1.54, 1.807) is 0 Å². The van der Waals surface area contributed by atoms with Gasteiger partial charge in [-0.15, -0.1) is 0 Å². The second-order valence-corrected chi connectivity index (χ2v) is 6.40. The Hall–Kier alpha value is -0.220. The molecule has 0 aromatic heterocycles. The minimum atomic E-state index is 0.206. The molecule has 4 heteroatoms. The zero-order valence-electron chi connectivity index (χ0n) is 11.8. The highest BCUT2D eigenvalue weighted by molar-refractivity contribution is 7.99. The van der Waals surface area contributed by atoms with Gasteiger partial charge in [0.1, 0.15) is 0 Å². The first-order valence-electron chi connectivity index (χ1n) is 7.33. The van der Waals surface area contributed by atoms with Crippen molar-refractivity contribution < 1.29 is 4.79 Å². The molecule has 0 bridgehead atoms. The normalized spacial score (nSPS) is 21.6. The number of amides is 1. The van der Waals surface area contributed by atoms with Crippen LogP contribution in [0.3, 0.4) is 0 Å². The van der Waals surface area contributed by atoms with E-state index in [1.165, 1.54) is 31.4 Å². The van der Waals surface area contributed by atoms with Crippen LogP contribution in [0.1, 0.15) is 52.4 Å². The van der Waals surface area contributed by atoms with Gasteiger partial charge in [-0.25, -0.2) is 0 Å². The molecule has 1 fully saturated rings. The van der Waals surface area contributed by atoms with Crippen molar-refractivity contribution in [2.45, 2.75) is 64.5 Å². The summed E-state index contributed by atoms with van der Waals surface area (Å²) in [6, 6.07) is 0.696. The summed E-state index contributed by atoms with van der Waals surface area (Å²) >= 11 is 1.94. The quantitative estimate of drug-likeness (QED) is 0.667. The Morgan fingerprint density at radius 3 is 2.94 bits per heavy atom. The van der Waals surface area contributed by atoms with Gasteiger partial charge in [0, 0.05) is 36.6 Å². The van der Waals surface area contributed by atoms with Gasteiger partial charge in [-0.05, 0) is 13.3 Å². The Morgan fingerprint density at radius 1 is 1.44 bits per heavy atom. The summed E-state index contributed by atoms with van der Waals surface area (Å²) in [5.41, 5.74) is 0. The van der Waals surface area contributed by atoms with E-state index in [2.05, 4.69) is 24.5 Å². The van der Waals surface area contributed by atoms with Gasteiger partial charge in [-0.3, -0.25) is 4.79 Å². The number of rotatable bonds is 8. The number of thioether (sulfide) groups is 1. The van der Waals surface area contributed by atoms with Crippen LogP contribution in [0.25, 0.3) is 0 Å². The molecule has 0 aromatic carbocycles. The Labute approximate surface area is 116 Å². The molecular formula is C14H28N2OS. The summed E-state index contributed by atoms with van der Waals surface area (Å²) in [4.78, 5) is 11.9. The predicted octanol–water partition coefficient (Wildman–Crippen LogP) is 2.56. The lowest BCUT2D eigenvalue weighted by atomic mass is 10.1. The molecule has 2 N–H and O–H groups in total. The maximum Gasteiger partial charge on any atom is 0.221 e. The van der Waals surface area contributed by atoms with Crippen LogP contribution in [-0.4, -0.2) is 36.0 Å². The Morgan fingerprint density at radius 2 is 2.28 bits per heavy atom. The van der Waals surface area contributed by atoms with Gasteiger partial charge >= 0.3 is 0 Å². The number of hydrogen-bond donors (Lipinski definition) is 2. The third-order valence-electron chi connectivity index (χ3n) is 3.33. The molecule has 1 aliphatic rings. The summed E-state index contributed by atoms with van der Waals surface area (Å²) in [6.45, 7) is 5.38. The van der Waals surface area contributed by atoms with Crippen LogP contribution in [0.5, 0.6) is 0 Å². The number of nitrogens with one attached hydrogen (secondary N) is 2. The molecule has 1 heterocycles. The molecule has 1 saturated heterocycles. The molecule has 0 spiro atoms. The minimum Gasteiger partial charge on any atom is -0.354 e. The van der Waals surface area contributed by atoms with Crippen molar-refractivity contribution in [2.75, 3.05) is 18.1 Å². The van der Waals surface area contributed by atoms with E-state index in [9.17, 15) is 4.79 Å². The topological polar surface area (TPSA) is 41.1 Å². The number of carbonyl (C=O) groups excluding carboxylic acids is 1. The molecule has 0 saturated carbocycles. The second kappa shape index (κ2) is 9.68. The van der Waals surface area contributed by atoms with Crippen molar-refractivity contribution in [1.82, 2.24) is 10.6 Å². The average molecular weight is 272 g/mol. The van der Waals surface area contributed by atoms with Crippen molar-refractivity contribution in [3.63, 3.8) is 0 Å². The van der Waals surface area contributed by atoms with Gasteiger partial charge in [0.25, 0.3) is 0 Å². The fourth-order valence-electron chi connectivity index (χ4n) is 2.26. The van der Waals surface area contributed by atoms with Crippen molar-refractivity contribution in [3.05, 3.63) is 0 Å². The van der Waals surface area contributed by atoms with Crippen LogP contribution >= 0.6 is 11.8 Å². The van der Waals surface area contributed by atoms with Crippen LogP contribution in [0.2, 0.25) is 0 Å². The lowest BCUT2D eigenvalue weighted by Crippen LogP contribution is -2.43. The van der Waals surface area contributed by atoms with Crippen LogP contribution in [0.15, 0.2) is 0 Å². The Bertz CT molecular complexity index is 230. The van der Waals surface area contributed by atoms with Gasteiger partial charge < -0.3 is 10.6 Å². The van der Waals surface area contributed by atoms with Crippen LogP contribution in [0.4, 0.5) is 0 Å². The second-order valence-electron chi connectivity index (χ2n) is 5.25. The summed E-state index contributed by atoms with van der Waals surface area (Å²) in [7, 11) is 0. The molecule has 106 valence electrons. The lowest BCUT2D eigenvalue weighted by Gasteiger charge is -2.23. The highest BCUT2D eigenvalue weighted by atomic mass is 32.2. The van der Waals surface area contributed by atoms with Crippen molar-refractivity contribution in [3.8, 4) is 0 Å². The van der Waals surface area contributed by atoms with E-state index in [0.717, 1.165) is 18.7 Å². The molecule has 2 unspecified atom stereocenters. The van der Waals surface area contributed by atoms with Gasteiger partial charge in [0.05, 0.1) is 0 Å². The fourth-order valence-corrected chi connectivity index (χ4v) is 3.21. The van der Waals surface area contributed by atoms with Crippen LogP contribution in [-0.2, 0) is 4.79 Å². The smallest absolute Gasteiger partial charge is 0.221 e. The lowest BCUT2D eigenvalue weighted by molar-refractivity contribution is -0.122. The van der Waals surface area contributed by atoms with E-state index in [4.69, 9.17) is 0 Å². The van der Waals surface area contributed by atoms with Gasteiger partial charge in [0.2, 0.25) is 5.91 Å². The van der Waals surface area contributed by atoms with E-state index in [-0.39, 0.29) is 5.91 Å². The maximum absolute atomic E-state index is 11.9. The monoisotopic (exact) mass is 272 g/mol. The first-order valence-corrected chi connectivity index (χ1v) is 8.48. The highest BCUT2D eigenvalue weighted by Crippen LogP contribution is 2.10. The molecule has 1 aliphatic heterocycles. The predicted molar refractivity (Wildman–Crippen MR) is 80.1 cm³/mol. The maximum atomic E-state index is 11.9. The summed E-state index contributed by atoms with van der Waals surface area (Å²) in [5.74, 6) is 2.45. The Balaban J connectivity index is 2.06. The van der Waals surface area contributed by atoms with Gasteiger partial charge in [-0.1, -0.05) is 32.6 Å². The number of carbonyl (C=O) groups is 1. The van der Waals surface area contributed by atoms with E-state index in [0.29, 0.717) is 18.5 Å². The summed E-state index contributed by atoms with van der Waals surface area (Å²) in [6.07, 6.45) is 6.84. The van der Waals surface area contributed by atoms with Gasteiger partial charge in [0.15, 0.2) is 0 Å². The van der Waals surface area contributed by atoms with Crippen molar-refractivity contribution in [2.24, 2.45) is 0 Å². The van der Waals surface area contributed by atoms with Crippen LogP contribution in [0, 0.1) is 0 Å². The first-order chi connectivity index (χ1) is 8.72. The molecule has 0 aliphatic carbocycles. The number of unbranched alkanes of at least 4 members (excludes halogenated alkanes) is 3. The minimum absolute atomic E-state index is 0.206. The zero-order chi connectivity index (χ0) is 13.2. The standard InChI is InChI=1S/C14H28N2OS/c1-3-4-5-6-7-12(2)16-14(17)10-13-11-18-9-8-15-13/h12-13,15H,3-11H2,1-2H3,(H,16,17). The fraction of sp³-hybridized carbons (Fsp3) is 0.929. The molecule has 3 nitrogen and oxygen atoms in total. The first kappa shape index (κ1) is 15.8. The molecule has 2 atom stereocenters. The third kappa shape index (κ3) is 7.27. The molecule has 1 amide bonds. The largest absolute Gasteiger partial charge is 0.354 e. The van der Waals surface area contributed by atoms with Crippen molar-refractivity contribution in [1.29, 1.82) is 0 Å². The third-order valence-corrected chi connectivity index (χ3v) is 4.46. The zero-order valence-corrected chi connectivity index (χ0v) is 12.7. The van der Waals surface area contributed by atoms with E-state index in [1.807, 2.05) is 11.8 Å². The summed E-state index contributed by atoms with van der Waals surface area (Å²) in [5, 5.41) is 6.52. The van der Waals surface area contributed by atoms with Crippen molar-refractivity contribution >= 4 is 17.7 Å². The SMILES string of the molecule is CCCCCCC(C)NC(=O)CC1CSCCN1. The molecule has 1 rings (SSSR count).